The lowest BCUT2D eigenvalue weighted by molar-refractivity contribution is 0.218. The Hall–Kier alpha value is -2.25. The SMILES string of the molecule is Cc1ccc(CN2Cc3ccnn3CC(CCNc3ncccn3)C2)s1. The molecular weight excluding hydrogens is 344 g/mol. The van der Waals surface area contributed by atoms with Gasteiger partial charge in [-0.25, -0.2) is 9.97 Å². The average molecular weight is 369 g/mol. The van der Waals surface area contributed by atoms with Crippen LogP contribution in [-0.2, 0) is 19.6 Å². The number of thiophene rings is 1. The van der Waals surface area contributed by atoms with Gasteiger partial charge in [0.15, 0.2) is 0 Å². The Morgan fingerprint density at radius 1 is 1.15 bits per heavy atom. The number of aromatic nitrogens is 4. The Morgan fingerprint density at radius 2 is 2.04 bits per heavy atom. The second kappa shape index (κ2) is 7.97. The molecule has 4 heterocycles. The summed E-state index contributed by atoms with van der Waals surface area (Å²) in [7, 11) is 0. The first kappa shape index (κ1) is 17.2. The lowest BCUT2D eigenvalue weighted by atomic mass is 10.1. The van der Waals surface area contributed by atoms with Gasteiger partial charge >= 0.3 is 0 Å². The van der Waals surface area contributed by atoms with E-state index in [9.17, 15) is 0 Å². The predicted molar refractivity (Wildman–Crippen MR) is 104 cm³/mol. The number of rotatable bonds is 6. The second-order valence-corrected chi connectivity index (χ2v) is 8.21. The number of anilines is 1. The van der Waals surface area contributed by atoms with Gasteiger partial charge in [-0.05, 0) is 43.5 Å². The van der Waals surface area contributed by atoms with Gasteiger partial charge in [0.1, 0.15) is 0 Å². The van der Waals surface area contributed by atoms with E-state index in [0.29, 0.717) is 11.9 Å². The van der Waals surface area contributed by atoms with Gasteiger partial charge in [0.05, 0.1) is 5.69 Å². The van der Waals surface area contributed by atoms with Gasteiger partial charge in [0.25, 0.3) is 0 Å². The first-order valence-electron chi connectivity index (χ1n) is 9.05. The highest BCUT2D eigenvalue weighted by molar-refractivity contribution is 7.11. The van der Waals surface area contributed by atoms with Gasteiger partial charge in [0, 0.05) is 61.1 Å². The van der Waals surface area contributed by atoms with E-state index < -0.39 is 0 Å². The van der Waals surface area contributed by atoms with Gasteiger partial charge in [0.2, 0.25) is 5.95 Å². The minimum Gasteiger partial charge on any atom is -0.354 e. The number of hydrogen-bond acceptors (Lipinski definition) is 6. The maximum atomic E-state index is 4.53. The molecule has 0 radical (unpaired) electrons. The summed E-state index contributed by atoms with van der Waals surface area (Å²) in [6.45, 7) is 7.07. The van der Waals surface area contributed by atoms with Crippen LogP contribution in [0.3, 0.4) is 0 Å². The molecule has 3 aromatic rings. The monoisotopic (exact) mass is 368 g/mol. The quantitative estimate of drug-likeness (QED) is 0.724. The summed E-state index contributed by atoms with van der Waals surface area (Å²) < 4.78 is 2.17. The van der Waals surface area contributed by atoms with Crippen molar-refractivity contribution in [2.24, 2.45) is 5.92 Å². The Bertz CT molecular complexity index is 827. The molecule has 1 aliphatic heterocycles. The summed E-state index contributed by atoms with van der Waals surface area (Å²) in [6.07, 6.45) is 6.52. The van der Waals surface area contributed by atoms with Crippen LogP contribution in [0.2, 0.25) is 0 Å². The molecule has 0 saturated carbocycles. The molecule has 1 unspecified atom stereocenters. The standard InChI is InChI=1S/C19H24N6S/c1-15-3-4-18(26-15)14-24-11-16(12-25-17(13-24)6-10-23-25)5-9-22-19-20-7-2-8-21-19/h2-4,6-8,10,16H,5,9,11-14H2,1H3,(H,20,21,22). The molecule has 1 aliphatic rings. The van der Waals surface area contributed by atoms with Crippen LogP contribution < -0.4 is 5.32 Å². The number of nitrogens with zero attached hydrogens (tertiary/aromatic N) is 5. The second-order valence-electron chi connectivity index (χ2n) is 6.84. The third-order valence-corrected chi connectivity index (χ3v) is 5.70. The van der Waals surface area contributed by atoms with Crippen molar-refractivity contribution in [2.45, 2.75) is 33.0 Å². The topological polar surface area (TPSA) is 58.9 Å². The van der Waals surface area contributed by atoms with Crippen LogP contribution in [0.15, 0.2) is 42.9 Å². The Balaban J connectivity index is 1.40. The molecule has 0 amide bonds. The predicted octanol–water partition coefficient (Wildman–Crippen LogP) is 3.18. The van der Waals surface area contributed by atoms with E-state index in [1.54, 1.807) is 12.4 Å². The average Bonchev–Trinajstić information content (AvgIpc) is 3.21. The van der Waals surface area contributed by atoms with Crippen LogP contribution >= 0.6 is 11.3 Å². The molecule has 3 aromatic heterocycles. The first-order valence-corrected chi connectivity index (χ1v) is 9.87. The minimum absolute atomic E-state index is 0.549. The van der Waals surface area contributed by atoms with Crippen molar-refractivity contribution >= 4 is 17.3 Å². The highest BCUT2D eigenvalue weighted by atomic mass is 32.1. The Labute approximate surface area is 157 Å². The van der Waals surface area contributed by atoms with E-state index in [2.05, 4.69) is 55.1 Å². The van der Waals surface area contributed by atoms with E-state index >= 15 is 0 Å². The van der Waals surface area contributed by atoms with E-state index in [4.69, 9.17) is 0 Å². The third kappa shape index (κ3) is 4.28. The van der Waals surface area contributed by atoms with Crippen LogP contribution in [0, 0.1) is 12.8 Å². The number of fused-ring (bicyclic) bond motifs is 1. The molecule has 0 fully saturated rings. The van der Waals surface area contributed by atoms with Crippen molar-refractivity contribution in [2.75, 3.05) is 18.4 Å². The molecule has 136 valence electrons. The maximum Gasteiger partial charge on any atom is 0.222 e. The van der Waals surface area contributed by atoms with Crippen LogP contribution in [0.1, 0.15) is 21.9 Å². The highest BCUT2D eigenvalue weighted by Gasteiger charge is 2.22. The highest BCUT2D eigenvalue weighted by Crippen LogP contribution is 2.23. The zero-order valence-electron chi connectivity index (χ0n) is 15.0. The molecule has 7 heteroatoms. The number of nitrogens with one attached hydrogen (secondary N) is 1. The number of aryl methyl sites for hydroxylation is 1. The Kier molecular flexibility index (Phi) is 5.26. The molecule has 1 N–H and O–H groups in total. The van der Waals surface area contributed by atoms with E-state index in [-0.39, 0.29) is 0 Å². The van der Waals surface area contributed by atoms with Crippen molar-refractivity contribution in [3.8, 4) is 0 Å². The fraction of sp³-hybridized carbons (Fsp3) is 0.421. The molecule has 0 aromatic carbocycles. The lowest BCUT2D eigenvalue weighted by Gasteiger charge is -2.23. The van der Waals surface area contributed by atoms with Gasteiger partial charge < -0.3 is 5.32 Å². The molecule has 26 heavy (non-hydrogen) atoms. The smallest absolute Gasteiger partial charge is 0.222 e. The van der Waals surface area contributed by atoms with Crippen LogP contribution in [0.25, 0.3) is 0 Å². The van der Waals surface area contributed by atoms with E-state index in [1.165, 1.54) is 15.4 Å². The minimum atomic E-state index is 0.549. The van der Waals surface area contributed by atoms with Crippen LogP contribution in [0.5, 0.6) is 0 Å². The molecular formula is C19H24N6S. The molecule has 4 rings (SSSR count). The fourth-order valence-electron chi connectivity index (χ4n) is 3.49. The van der Waals surface area contributed by atoms with Crippen molar-refractivity contribution in [3.05, 3.63) is 58.3 Å². The summed E-state index contributed by atoms with van der Waals surface area (Å²) in [5.41, 5.74) is 1.31. The summed E-state index contributed by atoms with van der Waals surface area (Å²) in [4.78, 5) is 13.8. The van der Waals surface area contributed by atoms with Gasteiger partial charge in [-0.2, -0.15) is 5.10 Å². The largest absolute Gasteiger partial charge is 0.354 e. The molecule has 6 nitrogen and oxygen atoms in total. The Morgan fingerprint density at radius 3 is 2.85 bits per heavy atom. The lowest BCUT2D eigenvalue weighted by Crippen LogP contribution is -2.28. The van der Waals surface area contributed by atoms with Crippen molar-refractivity contribution in [1.29, 1.82) is 0 Å². The zero-order valence-corrected chi connectivity index (χ0v) is 15.8. The van der Waals surface area contributed by atoms with Crippen LogP contribution in [-0.4, -0.2) is 37.7 Å². The van der Waals surface area contributed by atoms with Gasteiger partial charge in [-0.3, -0.25) is 9.58 Å². The normalized spacial score (nSPS) is 17.7. The van der Waals surface area contributed by atoms with Gasteiger partial charge in [-0.15, -0.1) is 11.3 Å². The molecule has 1 atom stereocenters. The van der Waals surface area contributed by atoms with Crippen molar-refractivity contribution in [3.63, 3.8) is 0 Å². The first-order chi connectivity index (χ1) is 12.8. The van der Waals surface area contributed by atoms with E-state index in [0.717, 1.165) is 39.1 Å². The summed E-state index contributed by atoms with van der Waals surface area (Å²) >= 11 is 1.89. The molecule has 0 bridgehead atoms. The summed E-state index contributed by atoms with van der Waals surface area (Å²) in [6, 6.07) is 8.44. The van der Waals surface area contributed by atoms with Crippen LogP contribution in [0.4, 0.5) is 5.95 Å². The third-order valence-electron chi connectivity index (χ3n) is 4.71. The molecule has 0 saturated heterocycles. The zero-order chi connectivity index (χ0) is 17.8. The maximum absolute atomic E-state index is 4.53. The van der Waals surface area contributed by atoms with Crippen molar-refractivity contribution in [1.82, 2.24) is 24.6 Å². The molecule has 0 spiro atoms. The van der Waals surface area contributed by atoms with Gasteiger partial charge in [-0.1, -0.05) is 0 Å². The fourth-order valence-corrected chi connectivity index (χ4v) is 4.42. The molecule has 0 aliphatic carbocycles. The van der Waals surface area contributed by atoms with E-state index in [1.807, 2.05) is 23.6 Å². The number of hydrogen-bond donors (Lipinski definition) is 1. The van der Waals surface area contributed by atoms with Crippen molar-refractivity contribution < 1.29 is 0 Å². The summed E-state index contributed by atoms with van der Waals surface area (Å²) in [5.74, 6) is 1.25. The summed E-state index contributed by atoms with van der Waals surface area (Å²) in [5, 5.41) is 7.86.